The largest absolute Gasteiger partial charge is 0.325 e. The number of H-pyrrole nitrogens is 1. The van der Waals surface area contributed by atoms with E-state index in [1.54, 1.807) is 10.8 Å². The molecule has 0 spiro atoms. The van der Waals surface area contributed by atoms with Crippen molar-refractivity contribution in [2.75, 3.05) is 5.32 Å². The van der Waals surface area contributed by atoms with E-state index in [9.17, 15) is 4.79 Å². The molecule has 0 bridgehead atoms. The molecule has 0 aliphatic carbocycles. The Morgan fingerprint density at radius 1 is 1.10 bits per heavy atom. The number of hydrogen-bond acceptors (Lipinski definition) is 4. The molecular weight excluding hydrogens is 406 g/mol. The van der Waals surface area contributed by atoms with Crippen LogP contribution in [0, 0.1) is 11.7 Å². The van der Waals surface area contributed by atoms with Crippen LogP contribution in [0.1, 0.15) is 16.8 Å². The van der Waals surface area contributed by atoms with Crippen LogP contribution in [0.25, 0.3) is 23.5 Å². The SMILES string of the molecule is Cc1ccc(-c2n[nH]c(=S)n2CC(=O)Nc2cccc(/C=C/c3ccccn3)c2)cc1. The van der Waals surface area contributed by atoms with Gasteiger partial charge in [-0.2, -0.15) is 5.10 Å². The van der Waals surface area contributed by atoms with E-state index in [0.717, 1.165) is 22.4 Å². The molecule has 0 saturated heterocycles. The van der Waals surface area contributed by atoms with Crippen LogP contribution in [0.15, 0.2) is 72.9 Å². The zero-order chi connectivity index (χ0) is 21.6. The van der Waals surface area contributed by atoms with Gasteiger partial charge in [0.2, 0.25) is 5.91 Å². The lowest BCUT2D eigenvalue weighted by Gasteiger charge is -2.09. The van der Waals surface area contributed by atoms with Crippen LogP contribution in [-0.2, 0) is 11.3 Å². The maximum Gasteiger partial charge on any atom is 0.244 e. The first-order chi connectivity index (χ1) is 15.1. The lowest BCUT2D eigenvalue weighted by Crippen LogP contribution is -2.19. The molecule has 2 heterocycles. The highest BCUT2D eigenvalue weighted by molar-refractivity contribution is 7.71. The van der Waals surface area contributed by atoms with Crippen molar-refractivity contribution >= 4 is 36.0 Å². The minimum atomic E-state index is -0.184. The number of rotatable bonds is 6. The Kier molecular flexibility index (Phi) is 6.14. The van der Waals surface area contributed by atoms with Gasteiger partial charge in [-0.3, -0.25) is 19.4 Å². The Balaban J connectivity index is 1.48. The normalized spacial score (nSPS) is 11.0. The van der Waals surface area contributed by atoms with Crippen LogP contribution in [0.2, 0.25) is 0 Å². The zero-order valence-electron chi connectivity index (χ0n) is 16.9. The van der Waals surface area contributed by atoms with E-state index in [0.29, 0.717) is 16.3 Å². The van der Waals surface area contributed by atoms with E-state index in [1.165, 1.54) is 0 Å². The van der Waals surface area contributed by atoms with E-state index in [1.807, 2.05) is 85.8 Å². The first kappa shape index (κ1) is 20.4. The van der Waals surface area contributed by atoms with Crippen molar-refractivity contribution in [3.8, 4) is 11.4 Å². The van der Waals surface area contributed by atoms with Gasteiger partial charge in [-0.05, 0) is 55.0 Å². The molecule has 4 rings (SSSR count). The number of carbonyl (C=O) groups is 1. The average Bonchev–Trinajstić information content (AvgIpc) is 3.14. The standard InChI is InChI=1S/C24H21N5OS/c1-17-8-11-19(12-9-17)23-27-28-24(31)29(23)16-22(30)26-21-7-4-5-18(15-21)10-13-20-6-2-3-14-25-20/h2-15H,16H2,1H3,(H,26,30)(H,28,31)/b13-10+. The van der Waals surface area contributed by atoms with Gasteiger partial charge in [0.15, 0.2) is 10.6 Å². The van der Waals surface area contributed by atoms with Crippen molar-refractivity contribution in [1.29, 1.82) is 0 Å². The molecule has 0 atom stereocenters. The van der Waals surface area contributed by atoms with Gasteiger partial charge < -0.3 is 5.32 Å². The Bertz CT molecular complexity index is 1270. The van der Waals surface area contributed by atoms with Crippen LogP contribution < -0.4 is 5.32 Å². The number of aryl methyl sites for hydroxylation is 1. The number of carbonyl (C=O) groups excluding carboxylic acids is 1. The van der Waals surface area contributed by atoms with Crippen molar-refractivity contribution in [1.82, 2.24) is 19.7 Å². The van der Waals surface area contributed by atoms with Crippen molar-refractivity contribution in [3.63, 3.8) is 0 Å². The third-order valence-electron chi connectivity index (χ3n) is 4.67. The fourth-order valence-electron chi connectivity index (χ4n) is 3.11. The molecule has 31 heavy (non-hydrogen) atoms. The number of nitrogens with one attached hydrogen (secondary N) is 2. The zero-order valence-corrected chi connectivity index (χ0v) is 17.8. The molecule has 7 heteroatoms. The average molecular weight is 428 g/mol. The summed E-state index contributed by atoms with van der Waals surface area (Å²) < 4.78 is 2.10. The molecule has 0 saturated carbocycles. The first-order valence-corrected chi connectivity index (χ1v) is 10.2. The highest BCUT2D eigenvalue weighted by atomic mass is 32.1. The fourth-order valence-corrected chi connectivity index (χ4v) is 3.30. The molecule has 2 aromatic heterocycles. The maximum absolute atomic E-state index is 12.7. The summed E-state index contributed by atoms with van der Waals surface area (Å²) >= 11 is 5.33. The Morgan fingerprint density at radius 2 is 1.94 bits per heavy atom. The molecule has 0 unspecified atom stereocenters. The molecule has 0 fully saturated rings. The molecule has 0 aliphatic rings. The molecule has 2 N–H and O–H groups in total. The molecule has 0 radical (unpaired) electrons. The number of aromatic nitrogens is 4. The van der Waals surface area contributed by atoms with Gasteiger partial charge in [0.25, 0.3) is 0 Å². The minimum absolute atomic E-state index is 0.0620. The third-order valence-corrected chi connectivity index (χ3v) is 4.99. The van der Waals surface area contributed by atoms with Crippen LogP contribution >= 0.6 is 12.2 Å². The Hall–Kier alpha value is -3.84. The predicted molar refractivity (Wildman–Crippen MR) is 126 cm³/mol. The summed E-state index contributed by atoms with van der Waals surface area (Å²) in [5, 5.41) is 10.0. The van der Waals surface area contributed by atoms with Gasteiger partial charge in [-0.15, -0.1) is 0 Å². The molecule has 4 aromatic rings. The van der Waals surface area contributed by atoms with Gasteiger partial charge >= 0.3 is 0 Å². The number of benzene rings is 2. The third kappa shape index (κ3) is 5.21. The summed E-state index contributed by atoms with van der Waals surface area (Å²) in [7, 11) is 0. The van der Waals surface area contributed by atoms with Crippen LogP contribution in [-0.4, -0.2) is 25.7 Å². The summed E-state index contributed by atoms with van der Waals surface area (Å²) in [6, 6.07) is 21.3. The first-order valence-electron chi connectivity index (χ1n) is 9.80. The monoisotopic (exact) mass is 427 g/mol. The fraction of sp³-hybridized carbons (Fsp3) is 0.0833. The van der Waals surface area contributed by atoms with Gasteiger partial charge in [0.05, 0.1) is 5.69 Å². The Morgan fingerprint density at radius 3 is 2.71 bits per heavy atom. The highest BCUT2D eigenvalue weighted by Gasteiger charge is 2.12. The van der Waals surface area contributed by atoms with Crippen molar-refractivity contribution in [2.24, 2.45) is 0 Å². The van der Waals surface area contributed by atoms with Gasteiger partial charge in [-0.25, -0.2) is 0 Å². The summed E-state index contributed by atoms with van der Waals surface area (Å²) in [6.07, 6.45) is 5.64. The van der Waals surface area contributed by atoms with E-state index < -0.39 is 0 Å². The summed E-state index contributed by atoms with van der Waals surface area (Å²) in [5.41, 5.74) is 4.59. The summed E-state index contributed by atoms with van der Waals surface area (Å²) in [6.45, 7) is 2.08. The van der Waals surface area contributed by atoms with Crippen molar-refractivity contribution in [2.45, 2.75) is 13.5 Å². The molecule has 154 valence electrons. The molecular formula is C24H21N5OS. The van der Waals surface area contributed by atoms with Gasteiger partial charge in [0.1, 0.15) is 6.54 Å². The predicted octanol–water partition coefficient (Wildman–Crippen LogP) is 5.12. The highest BCUT2D eigenvalue weighted by Crippen LogP contribution is 2.19. The molecule has 0 aliphatic heterocycles. The number of amides is 1. The quantitative estimate of drug-likeness (QED) is 0.419. The topological polar surface area (TPSA) is 75.6 Å². The van der Waals surface area contributed by atoms with Crippen molar-refractivity contribution < 1.29 is 4.79 Å². The number of aromatic amines is 1. The number of anilines is 1. The van der Waals surface area contributed by atoms with Crippen LogP contribution in [0.5, 0.6) is 0 Å². The summed E-state index contributed by atoms with van der Waals surface area (Å²) in [4.78, 5) is 17.0. The van der Waals surface area contributed by atoms with Crippen LogP contribution in [0.3, 0.4) is 0 Å². The van der Waals surface area contributed by atoms with E-state index in [-0.39, 0.29) is 12.5 Å². The number of pyridine rings is 1. The second-order valence-electron chi connectivity index (χ2n) is 7.07. The maximum atomic E-state index is 12.7. The van der Waals surface area contributed by atoms with Gasteiger partial charge in [0, 0.05) is 17.4 Å². The Labute approximate surface area is 185 Å². The van der Waals surface area contributed by atoms with Crippen LogP contribution in [0.4, 0.5) is 5.69 Å². The molecule has 1 amide bonds. The number of hydrogen-bond donors (Lipinski definition) is 2. The van der Waals surface area contributed by atoms with E-state index >= 15 is 0 Å². The van der Waals surface area contributed by atoms with Gasteiger partial charge in [-0.1, -0.05) is 54.1 Å². The van der Waals surface area contributed by atoms with Crippen molar-refractivity contribution in [3.05, 3.63) is 94.5 Å². The van der Waals surface area contributed by atoms with E-state index in [2.05, 4.69) is 20.5 Å². The summed E-state index contributed by atoms with van der Waals surface area (Å²) in [5.74, 6) is 0.448. The minimum Gasteiger partial charge on any atom is -0.325 e. The second-order valence-corrected chi connectivity index (χ2v) is 7.45. The lowest BCUT2D eigenvalue weighted by atomic mass is 10.1. The lowest BCUT2D eigenvalue weighted by molar-refractivity contribution is -0.116. The molecule has 6 nitrogen and oxygen atoms in total. The molecule has 2 aromatic carbocycles. The number of nitrogens with zero attached hydrogens (tertiary/aromatic N) is 3. The van der Waals surface area contributed by atoms with E-state index in [4.69, 9.17) is 12.2 Å². The smallest absolute Gasteiger partial charge is 0.244 e. The second kappa shape index (κ2) is 9.32.